The highest BCUT2D eigenvalue weighted by Gasteiger charge is 2.16. The Balaban J connectivity index is 1.87. The fourth-order valence-corrected chi connectivity index (χ4v) is 2.70. The van der Waals surface area contributed by atoms with Gasteiger partial charge in [-0.1, -0.05) is 12.1 Å². The van der Waals surface area contributed by atoms with Crippen LogP contribution in [-0.2, 0) is 19.1 Å². The monoisotopic (exact) mass is 390 g/mol. The summed E-state index contributed by atoms with van der Waals surface area (Å²) in [6, 6.07) is 7.21. The Morgan fingerprint density at radius 2 is 2.07 bits per heavy atom. The highest BCUT2D eigenvalue weighted by atomic mass is 32.1. The number of nitrogens with zero attached hydrogens (tertiary/aromatic N) is 1. The van der Waals surface area contributed by atoms with Crippen LogP contribution >= 0.6 is 11.3 Å². The maximum atomic E-state index is 11.8. The van der Waals surface area contributed by atoms with Crippen molar-refractivity contribution in [3.05, 3.63) is 62.3 Å². The van der Waals surface area contributed by atoms with Crippen LogP contribution in [0.2, 0.25) is 0 Å². The molecule has 0 saturated heterocycles. The minimum absolute atomic E-state index is 0.109. The Morgan fingerprint density at radius 3 is 2.78 bits per heavy atom. The maximum absolute atomic E-state index is 11.8. The molecule has 1 amide bonds. The zero-order valence-electron chi connectivity index (χ0n) is 14.0. The molecule has 0 bridgehead atoms. The number of anilines is 1. The van der Waals surface area contributed by atoms with Gasteiger partial charge in [0.2, 0.25) is 0 Å². The van der Waals surface area contributed by atoms with Crippen molar-refractivity contribution in [2.24, 2.45) is 0 Å². The van der Waals surface area contributed by atoms with Crippen LogP contribution < -0.4 is 5.32 Å². The lowest BCUT2D eigenvalue weighted by Crippen LogP contribution is -2.21. The molecule has 0 saturated carbocycles. The van der Waals surface area contributed by atoms with E-state index in [-0.39, 0.29) is 16.3 Å². The molecule has 0 unspecified atom stereocenters. The van der Waals surface area contributed by atoms with Crippen molar-refractivity contribution >= 4 is 46.6 Å². The van der Waals surface area contributed by atoms with E-state index in [0.29, 0.717) is 5.56 Å². The number of ether oxygens (including phenoxy) is 2. The molecule has 140 valence electrons. The number of nitro groups is 1. The van der Waals surface area contributed by atoms with Crippen LogP contribution in [0.3, 0.4) is 0 Å². The molecule has 0 aliphatic carbocycles. The SMILES string of the molecule is COC(=O)c1sccc1NC(=O)COC(=O)/C=C/c1cccc([N+](=O)[O-])c1. The van der Waals surface area contributed by atoms with Crippen molar-refractivity contribution in [2.45, 2.75) is 0 Å². The predicted octanol–water partition coefficient (Wildman–Crippen LogP) is 2.64. The van der Waals surface area contributed by atoms with Crippen LogP contribution in [-0.4, -0.2) is 36.5 Å². The summed E-state index contributed by atoms with van der Waals surface area (Å²) in [5, 5.41) is 14.8. The number of hydrogen-bond acceptors (Lipinski definition) is 8. The number of carbonyl (C=O) groups is 3. The van der Waals surface area contributed by atoms with Crippen LogP contribution in [0.5, 0.6) is 0 Å². The summed E-state index contributed by atoms with van der Waals surface area (Å²) in [4.78, 5) is 45.4. The third-order valence-corrected chi connectivity index (χ3v) is 4.04. The Hall–Kier alpha value is -3.53. The number of nitro benzene ring substituents is 1. The van der Waals surface area contributed by atoms with E-state index in [1.807, 2.05) is 0 Å². The summed E-state index contributed by atoms with van der Waals surface area (Å²) in [5.41, 5.74) is 0.591. The van der Waals surface area contributed by atoms with E-state index in [9.17, 15) is 24.5 Å². The number of non-ortho nitro benzene ring substituents is 1. The number of amides is 1. The molecule has 27 heavy (non-hydrogen) atoms. The average Bonchev–Trinajstić information content (AvgIpc) is 3.12. The van der Waals surface area contributed by atoms with E-state index < -0.39 is 29.4 Å². The van der Waals surface area contributed by atoms with Crippen molar-refractivity contribution < 1.29 is 28.8 Å². The van der Waals surface area contributed by atoms with Crippen LogP contribution in [0.15, 0.2) is 41.8 Å². The minimum Gasteiger partial charge on any atom is -0.465 e. The molecule has 0 radical (unpaired) electrons. The second-order valence-electron chi connectivity index (χ2n) is 5.00. The largest absolute Gasteiger partial charge is 0.465 e. The molecule has 1 aromatic carbocycles. The molecule has 2 aromatic rings. The highest BCUT2D eigenvalue weighted by molar-refractivity contribution is 7.12. The lowest BCUT2D eigenvalue weighted by Gasteiger charge is -2.05. The fraction of sp³-hybridized carbons (Fsp3) is 0.118. The fourth-order valence-electron chi connectivity index (χ4n) is 1.94. The van der Waals surface area contributed by atoms with Gasteiger partial charge in [0.25, 0.3) is 11.6 Å². The van der Waals surface area contributed by atoms with Crippen molar-refractivity contribution in [3.63, 3.8) is 0 Å². The molecule has 0 atom stereocenters. The standard InChI is InChI=1S/C17H14N2O7S/c1-25-17(22)16-13(7-8-27-16)18-14(20)10-26-15(21)6-5-11-3-2-4-12(9-11)19(23)24/h2-9H,10H2,1H3,(H,18,20)/b6-5+. The topological polar surface area (TPSA) is 125 Å². The molecule has 9 nitrogen and oxygen atoms in total. The number of rotatable bonds is 7. The van der Waals surface area contributed by atoms with Crippen LogP contribution in [0.4, 0.5) is 11.4 Å². The van der Waals surface area contributed by atoms with Gasteiger partial charge < -0.3 is 14.8 Å². The van der Waals surface area contributed by atoms with Crippen LogP contribution in [0, 0.1) is 10.1 Å². The third kappa shape index (κ3) is 5.75. The number of carbonyl (C=O) groups excluding carboxylic acids is 3. The van der Waals surface area contributed by atoms with Crippen LogP contribution in [0.25, 0.3) is 6.08 Å². The van der Waals surface area contributed by atoms with Gasteiger partial charge in [0.1, 0.15) is 4.88 Å². The number of esters is 2. The number of nitrogens with one attached hydrogen (secondary N) is 1. The molecule has 0 fully saturated rings. The van der Waals surface area contributed by atoms with Gasteiger partial charge >= 0.3 is 11.9 Å². The van der Waals surface area contributed by atoms with Gasteiger partial charge in [-0.3, -0.25) is 14.9 Å². The first-order chi connectivity index (χ1) is 12.9. The van der Waals surface area contributed by atoms with Crippen LogP contribution in [0.1, 0.15) is 15.2 Å². The summed E-state index contributed by atoms with van der Waals surface area (Å²) in [7, 11) is 1.23. The molecule has 1 heterocycles. The molecule has 0 aliphatic heterocycles. The van der Waals surface area contributed by atoms with Gasteiger partial charge in [0.05, 0.1) is 17.7 Å². The third-order valence-electron chi connectivity index (χ3n) is 3.15. The second kappa shape index (κ2) is 9.25. The Bertz CT molecular complexity index is 904. The molecule has 1 N–H and O–H groups in total. The summed E-state index contributed by atoms with van der Waals surface area (Å²) in [5.74, 6) is -2.01. The minimum atomic E-state index is -0.796. The lowest BCUT2D eigenvalue weighted by atomic mass is 10.2. The zero-order chi connectivity index (χ0) is 19.8. The molecule has 0 spiro atoms. The maximum Gasteiger partial charge on any atom is 0.350 e. The summed E-state index contributed by atoms with van der Waals surface area (Å²) in [6.07, 6.45) is 2.39. The van der Waals surface area contributed by atoms with Crippen molar-refractivity contribution in [2.75, 3.05) is 19.0 Å². The van der Waals surface area contributed by atoms with E-state index >= 15 is 0 Å². The van der Waals surface area contributed by atoms with Crippen molar-refractivity contribution in [1.29, 1.82) is 0 Å². The first-order valence-corrected chi connectivity index (χ1v) is 8.33. The van der Waals surface area contributed by atoms with Gasteiger partial charge in [-0.15, -0.1) is 11.3 Å². The normalized spacial score (nSPS) is 10.4. The smallest absolute Gasteiger partial charge is 0.350 e. The highest BCUT2D eigenvalue weighted by Crippen LogP contribution is 2.23. The number of methoxy groups -OCH3 is 1. The average molecular weight is 390 g/mol. The van der Waals surface area contributed by atoms with E-state index in [1.165, 1.54) is 37.5 Å². The molecular formula is C17H14N2O7S. The first kappa shape index (κ1) is 19.8. The molecule has 0 aliphatic rings. The van der Waals surface area contributed by atoms with E-state index in [1.54, 1.807) is 11.4 Å². The second-order valence-corrected chi connectivity index (χ2v) is 5.91. The Labute approximate surface area is 157 Å². The molecule has 1 aromatic heterocycles. The van der Waals surface area contributed by atoms with E-state index in [4.69, 9.17) is 4.74 Å². The van der Waals surface area contributed by atoms with Gasteiger partial charge in [-0.25, -0.2) is 9.59 Å². The van der Waals surface area contributed by atoms with E-state index in [2.05, 4.69) is 10.1 Å². The van der Waals surface area contributed by atoms with Gasteiger partial charge in [0.15, 0.2) is 6.61 Å². The molecule has 2 rings (SSSR count). The van der Waals surface area contributed by atoms with Gasteiger partial charge in [-0.2, -0.15) is 0 Å². The van der Waals surface area contributed by atoms with E-state index in [0.717, 1.165) is 17.4 Å². The quantitative estimate of drug-likeness (QED) is 0.333. The summed E-state index contributed by atoms with van der Waals surface area (Å²) in [6.45, 7) is -0.561. The molecule has 10 heteroatoms. The summed E-state index contributed by atoms with van der Waals surface area (Å²) < 4.78 is 9.39. The lowest BCUT2D eigenvalue weighted by molar-refractivity contribution is -0.384. The predicted molar refractivity (Wildman–Crippen MR) is 97.4 cm³/mol. The zero-order valence-corrected chi connectivity index (χ0v) is 14.9. The van der Waals surface area contributed by atoms with Crippen molar-refractivity contribution in [3.8, 4) is 0 Å². The summed E-state index contributed by atoms with van der Waals surface area (Å²) >= 11 is 1.10. The number of benzene rings is 1. The van der Waals surface area contributed by atoms with Gasteiger partial charge in [-0.05, 0) is 23.1 Å². The number of hydrogen-bond donors (Lipinski definition) is 1. The Morgan fingerprint density at radius 1 is 1.30 bits per heavy atom. The first-order valence-electron chi connectivity index (χ1n) is 7.45. The van der Waals surface area contributed by atoms with Crippen molar-refractivity contribution in [1.82, 2.24) is 0 Å². The Kier molecular flexibility index (Phi) is 6.78. The van der Waals surface area contributed by atoms with Gasteiger partial charge in [0, 0.05) is 18.2 Å². The molecular weight excluding hydrogens is 376 g/mol. The number of thiophene rings is 1.